The molecule has 1 aliphatic heterocycles. The monoisotopic (exact) mass is 603 g/mol. The maximum absolute atomic E-state index is 14.0. The maximum atomic E-state index is 14.0. The molecule has 2 heterocycles. The number of nitrogens with one attached hydrogen (secondary N) is 2. The van der Waals surface area contributed by atoms with Gasteiger partial charge in [-0.15, -0.1) is 11.3 Å². The lowest BCUT2D eigenvalue weighted by molar-refractivity contribution is -0.128. The van der Waals surface area contributed by atoms with E-state index in [1.54, 1.807) is 0 Å². The van der Waals surface area contributed by atoms with E-state index in [-0.39, 0.29) is 17.9 Å². The van der Waals surface area contributed by atoms with E-state index in [0.717, 1.165) is 81.0 Å². The van der Waals surface area contributed by atoms with E-state index >= 15 is 0 Å². The molecule has 2 aromatic carbocycles. The number of likely N-dealkylation sites (tertiary alicyclic amines) is 1. The average Bonchev–Trinajstić information content (AvgIpc) is 3.66. The Kier molecular flexibility index (Phi) is 11.3. The van der Waals surface area contributed by atoms with Gasteiger partial charge in [0.15, 0.2) is 0 Å². The molecule has 1 aromatic heterocycles. The molecule has 1 saturated carbocycles. The van der Waals surface area contributed by atoms with Gasteiger partial charge in [-0.2, -0.15) is 0 Å². The normalized spacial score (nSPS) is 18.1. The fourth-order valence-electron chi connectivity index (χ4n) is 6.82. The molecule has 6 nitrogen and oxygen atoms in total. The van der Waals surface area contributed by atoms with E-state index < -0.39 is 5.54 Å². The zero-order valence-corrected chi connectivity index (χ0v) is 26.9. The van der Waals surface area contributed by atoms with Gasteiger partial charge in [-0.3, -0.25) is 9.59 Å². The number of aryl methyl sites for hydroxylation is 1. The van der Waals surface area contributed by atoms with Crippen molar-refractivity contribution in [2.75, 3.05) is 32.8 Å². The molecule has 2 amide bonds. The van der Waals surface area contributed by atoms with Gasteiger partial charge in [0.2, 0.25) is 5.91 Å². The molecule has 1 atom stereocenters. The number of hydrogen-bond donors (Lipinski definition) is 2. The van der Waals surface area contributed by atoms with Crippen LogP contribution in [0.25, 0.3) is 10.1 Å². The molecule has 5 rings (SSSR count). The third kappa shape index (κ3) is 8.68. The van der Waals surface area contributed by atoms with Crippen molar-refractivity contribution in [2.45, 2.75) is 89.6 Å². The molecule has 2 N–H and O–H groups in total. The van der Waals surface area contributed by atoms with Gasteiger partial charge in [0.1, 0.15) is 5.54 Å². The van der Waals surface area contributed by atoms with E-state index in [1.165, 1.54) is 41.7 Å². The average molecular weight is 604 g/mol. The largest absolute Gasteiger partial charge is 0.382 e. The molecule has 2 fully saturated rings. The Hall–Kier alpha value is -2.74. The van der Waals surface area contributed by atoms with Crippen LogP contribution < -0.4 is 10.6 Å². The van der Waals surface area contributed by atoms with Crippen molar-refractivity contribution in [3.05, 3.63) is 70.6 Å². The lowest BCUT2D eigenvalue weighted by Gasteiger charge is -2.33. The molecule has 1 saturated heterocycles. The summed E-state index contributed by atoms with van der Waals surface area (Å²) in [7, 11) is 0. The second-order valence-corrected chi connectivity index (χ2v) is 13.8. The first-order valence-electron chi connectivity index (χ1n) is 16.4. The predicted molar refractivity (Wildman–Crippen MR) is 177 cm³/mol. The minimum Gasteiger partial charge on any atom is -0.382 e. The van der Waals surface area contributed by atoms with Crippen LogP contribution in [0.5, 0.6) is 0 Å². The summed E-state index contributed by atoms with van der Waals surface area (Å²) >= 11 is 1.50. The van der Waals surface area contributed by atoms with E-state index in [2.05, 4.69) is 71.8 Å². The summed E-state index contributed by atoms with van der Waals surface area (Å²) in [6.07, 6.45) is 9.70. The van der Waals surface area contributed by atoms with Crippen LogP contribution in [0.3, 0.4) is 0 Å². The molecule has 7 heteroatoms. The molecular formula is C36H49N3O3S. The third-order valence-corrected chi connectivity index (χ3v) is 10.5. The SMILES string of the molecule is CCOCCC1CCN(CCC[C@@H](Cc2ccccc2)NC(=O)C2(NC(=O)c3cc4ccc(C)cc4s3)CCCC2)CC1. The molecule has 0 spiro atoms. The minimum atomic E-state index is -0.846. The highest BCUT2D eigenvalue weighted by atomic mass is 32.1. The van der Waals surface area contributed by atoms with Gasteiger partial charge in [-0.1, -0.05) is 55.3 Å². The molecule has 0 bridgehead atoms. The Morgan fingerprint density at radius 3 is 2.58 bits per heavy atom. The zero-order chi connectivity index (χ0) is 30.1. The predicted octanol–water partition coefficient (Wildman–Crippen LogP) is 6.90. The highest BCUT2D eigenvalue weighted by Crippen LogP contribution is 2.33. The van der Waals surface area contributed by atoms with Crippen molar-refractivity contribution in [1.82, 2.24) is 15.5 Å². The zero-order valence-electron chi connectivity index (χ0n) is 26.0. The minimum absolute atomic E-state index is 0.0219. The first-order chi connectivity index (χ1) is 20.9. The van der Waals surface area contributed by atoms with E-state index in [1.807, 2.05) is 12.1 Å². The topological polar surface area (TPSA) is 70.7 Å². The first-order valence-corrected chi connectivity index (χ1v) is 17.2. The van der Waals surface area contributed by atoms with Crippen LogP contribution in [0.2, 0.25) is 0 Å². The lowest BCUT2D eigenvalue weighted by Crippen LogP contribution is -2.59. The molecular weight excluding hydrogens is 554 g/mol. The smallest absolute Gasteiger partial charge is 0.262 e. The Balaban J connectivity index is 1.20. The van der Waals surface area contributed by atoms with Crippen molar-refractivity contribution >= 4 is 33.2 Å². The summed E-state index contributed by atoms with van der Waals surface area (Å²) in [5, 5.41) is 7.73. The van der Waals surface area contributed by atoms with Gasteiger partial charge in [0.05, 0.1) is 4.88 Å². The van der Waals surface area contributed by atoms with E-state index in [9.17, 15) is 9.59 Å². The quantitative estimate of drug-likeness (QED) is 0.197. The number of ether oxygens (including phenoxy) is 1. The molecule has 0 radical (unpaired) electrons. The lowest BCUT2D eigenvalue weighted by atomic mass is 9.93. The van der Waals surface area contributed by atoms with Gasteiger partial charge < -0.3 is 20.3 Å². The number of benzene rings is 2. The standard InChI is InChI=1S/C36H49N3O3S/c1-3-42-23-17-28-15-21-39(22-16-28)20-9-12-31(25-29-10-5-4-6-11-29)37-35(41)36(18-7-8-19-36)38-34(40)33-26-30-14-13-27(2)24-32(30)43-33/h4-6,10-11,13-14,24,26,28,31H,3,7-9,12,15-23,25H2,1-2H3,(H,37,41)(H,38,40)/t31-/m0/s1. The van der Waals surface area contributed by atoms with Crippen LogP contribution in [0.1, 0.15) is 85.5 Å². The van der Waals surface area contributed by atoms with Gasteiger partial charge >= 0.3 is 0 Å². The number of nitrogens with zero attached hydrogens (tertiary/aromatic N) is 1. The van der Waals surface area contributed by atoms with Gasteiger partial charge in [-0.25, -0.2) is 0 Å². The third-order valence-electron chi connectivity index (χ3n) is 9.41. The van der Waals surface area contributed by atoms with Crippen molar-refractivity contribution in [2.24, 2.45) is 5.92 Å². The number of thiophene rings is 1. The molecule has 0 unspecified atom stereocenters. The van der Waals surface area contributed by atoms with Crippen molar-refractivity contribution in [3.63, 3.8) is 0 Å². The fourth-order valence-corrected chi connectivity index (χ4v) is 7.87. The molecule has 2 aliphatic rings. The van der Waals surface area contributed by atoms with Crippen molar-refractivity contribution in [3.8, 4) is 0 Å². The van der Waals surface area contributed by atoms with Crippen molar-refractivity contribution in [1.29, 1.82) is 0 Å². The molecule has 232 valence electrons. The van der Waals surface area contributed by atoms with Crippen molar-refractivity contribution < 1.29 is 14.3 Å². The second kappa shape index (κ2) is 15.3. The highest BCUT2D eigenvalue weighted by molar-refractivity contribution is 7.20. The summed E-state index contributed by atoms with van der Waals surface area (Å²) in [5.74, 6) is 0.619. The first kappa shape index (κ1) is 31.7. The molecule has 3 aromatic rings. The summed E-state index contributed by atoms with van der Waals surface area (Å²) in [5.41, 5.74) is 1.56. The van der Waals surface area contributed by atoms with Crippen LogP contribution in [0, 0.1) is 12.8 Å². The van der Waals surface area contributed by atoms with Crippen LogP contribution in [-0.4, -0.2) is 61.1 Å². The van der Waals surface area contributed by atoms with Crippen LogP contribution in [0.4, 0.5) is 0 Å². The van der Waals surface area contributed by atoms with Crippen LogP contribution in [0.15, 0.2) is 54.6 Å². The summed E-state index contributed by atoms with van der Waals surface area (Å²) < 4.78 is 6.67. The Morgan fingerprint density at radius 2 is 1.84 bits per heavy atom. The van der Waals surface area contributed by atoms with Gasteiger partial charge in [0, 0.05) is 24.0 Å². The summed E-state index contributed by atoms with van der Waals surface area (Å²) in [6.45, 7) is 9.18. The van der Waals surface area contributed by atoms with Crippen LogP contribution >= 0.6 is 11.3 Å². The second-order valence-electron chi connectivity index (χ2n) is 12.7. The molecule has 1 aliphatic carbocycles. The summed E-state index contributed by atoms with van der Waals surface area (Å²) in [4.78, 5) is 30.8. The molecule has 43 heavy (non-hydrogen) atoms. The van der Waals surface area contributed by atoms with E-state index in [0.29, 0.717) is 17.7 Å². The number of hydrogen-bond acceptors (Lipinski definition) is 5. The van der Waals surface area contributed by atoms with E-state index in [4.69, 9.17) is 4.74 Å². The van der Waals surface area contributed by atoms with Crippen LogP contribution in [-0.2, 0) is 16.0 Å². The maximum Gasteiger partial charge on any atom is 0.262 e. The number of carbonyl (C=O) groups is 2. The number of carbonyl (C=O) groups excluding carboxylic acids is 2. The highest BCUT2D eigenvalue weighted by Gasteiger charge is 2.43. The number of fused-ring (bicyclic) bond motifs is 1. The Labute approximate surface area is 261 Å². The Morgan fingerprint density at radius 1 is 1.07 bits per heavy atom. The number of rotatable bonds is 14. The van der Waals surface area contributed by atoms with Gasteiger partial charge in [0.25, 0.3) is 5.91 Å². The number of piperidine rings is 1. The Bertz CT molecular complexity index is 1330. The number of amides is 2. The fraction of sp³-hybridized carbons (Fsp3) is 0.556. The summed E-state index contributed by atoms with van der Waals surface area (Å²) in [6, 6.07) is 18.7. The van der Waals surface area contributed by atoms with Gasteiger partial charge in [-0.05, 0) is 119 Å².